The highest BCUT2D eigenvalue weighted by atomic mass is 16.5. The van der Waals surface area contributed by atoms with E-state index in [9.17, 15) is 4.79 Å². The average Bonchev–Trinajstić information content (AvgIpc) is 2.02. The molecule has 4 nitrogen and oxygen atoms in total. The SMILES string of the molecule is CCOC(=O)CNCC1(C)COC1. The topological polar surface area (TPSA) is 47.6 Å². The largest absolute Gasteiger partial charge is 0.465 e. The number of carbonyl (C=O) groups excluding carboxylic acids is 1. The Labute approximate surface area is 78.6 Å². The maximum Gasteiger partial charge on any atom is 0.319 e. The lowest BCUT2D eigenvalue weighted by Crippen LogP contribution is -2.48. The molecule has 1 saturated heterocycles. The minimum Gasteiger partial charge on any atom is -0.465 e. The number of hydrogen-bond donors (Lipinski definition) is 1. The summed E-state index contributed by atoms with van der Waals surface area (Å²) in [4.78, 5) is 10.9. The molecule has 4 heteroatoms. The summed E-state index contributed by atoms with van der Waals surface area (Å²) in [5.41, 5.74) is 0.215. The van der Waals surface area contributed by atoms with Gasteiger partial charge in [-0.2, -0.15) is 0 Å². The number of esters is 1. The van der Waals surface area contributed by atoms with Gasteiger partial charge in [0.25, 0.3) is 0 Å². The number of nitrogens with one attached hydrogen (secondary N) is 1. The van der Waals surface area contributed by atoms with Crippen LogP contribution in [0.25, 0.3) is 0 Å². The Hall–Kier alpha value is -0.610. The molecule has 1 heterocycles. The Morgan fingerprint density at radius 1 is 1.62 bits per heavy atom. The van der Waals surface area contributed by atoms with Crippen LogP contribution in [0.4, 0.5) is 0 Å². The molecule has 0 amide bonds. The summed E-state index contributed by atoms with van der Waals surface area (Å²) in [5.74, 6) is -0.189. The first-order valence-corrected chi connectivity index (χ1v) is 4.60. The van der Waals surface area contributed by atoms with Crippen molar-refractivity contribution in [2.24, 2.45) is 5.41 Å². The monoisotopic (exact) mass is 187 g/mol. The molecule has 1 aliphatic heterocycles. The zero-order valence-electron chi connectivity index (χ0n) is 8.26. The molecule has 0 aromatic carbocycles. The van der Waals surface area contributed by atoms with E-state index in [0.717, 1.165) is 19.8 Å². The molecule has 0 bridgehead atoms. The van der Waals surface area contributed by atoms with E-state index in [0.29, 0.717) is 13.2 Å². The first kappa shape index (κ1) is 10.5. The molecule has 1 N–H and O–H groups in total. The van der Waals surface area contributed by atoms with E-state index in [1.807, 2.05) is 0 Å². The summed E-state index contributed by atoms with van der Waals surface area (Å²) in [6, 6.07) is 0. The second-order valence-electron chi connectivity index (χ2n) is 3.71. The summed E-state index contributed by atoms with van der Waals surface area (Å²) < 4.78 is 9.86. The van der Waals surface area contributed by atoms with Gasteiger partial charge >= 0.3 is 5.97 Å². The molecule has 1 aliphatic rings. The Morgan fingerprint density at radius 2 is 2.31 bits per heavy atom. The van der Waals surface area contributed by atoms with E-state index >= 15 is 0 Å². The maximum absolute atomic E-state index is 10.9. The van der Waals surface area contributed by atoms with Crippen molar-refractivity contribution in [2.75, 3.05) is 32.9 Å². The van der Waals surface area contributed by atoms with E-state index in [2.05, 4.69) is 12.2 Å². The molecule has 0 radical (unpaired) electrons. The maximum atomic E-state index is 10.9. The van der Waals surface area contributed by atoms with Gasteiger partial charge in [-0.15, -0.1) is 0 Å². The van der Waals surface area contributed by atoms with E-state index in [1.54, 1.807) is 6.92 Å². The van der Waals surface area contributed by atoms with Crippen molar-refractivity contribution in [1.82, 2.24) is 5.32 Å². The normalized spacial score (nSPS) is 19.2. The van der Waals surface area contributed by atoms with Crippen LogP contribution in [0.1, 0.15) is 13.8 Å². The quantitative estimate of drug-likeness (QED) is 0.623. The van der Waals surface area contributed by atoms with Gasteiger partial charge in [-0.1, -0.05) is 6.92 Å². The number of carbonyl (C=O) groups is 1. The third-order valence-electron chi connectivity index (χ3n) is 2.03. The fourth-order valence-corrected chi connectivity index (χ4v) is 1.23. The van der Waals surface area contributed by atoms with Crippen molar-refractivity contribution in [3.05, 3.63) is 0 Å². The van der Waals surface area contributed by atoms with Crippen molar-refractivity contribution in [3.8, 4) is 0 Å². The van der Waals surface area contributed by atoms with Crippen molar-refractivity contribution in [1.29, 1.82) is 0 Å². The van der Waals surface area contributed by atoms with Gasteiger partial charge in [-0.3, -0.25) is 4.79 Å². The van der Waals surface area contributed by atoms with E-state index in [4.69, 9.17) is 9.47 Å². The molecular formula is C9H17NO3. The van der Waals surface area contributed by atoms with E-state index in [-0.39, 0.29) is 11.4 Å². The highest BCUT2D eigenvalue weighted by Crippen LogP contribution is 2.24. The van der Waals surface area contributed by atoms with Gasteiger partial charge in [-0.05, 0) is 6.92 Å². The molecule has 0 unspecified atom stereocenters. The van der Waals surface area contributed by atoms with Gasteiger partial charge in [0.15, 0.2) is 0 Å². The predicted octanol–water partition coefficient (Wildman–Crippen LogP) is 0.176. The summed E-state index contributed by atoms with van der Waals surface area (Å²) >= 11 is 0. The van der Waals surface area contributed by atoms with Crippen molar-refractivity contribution < 1.29 is 14.3 Å². The van der Waals surface area contributed by atoms with Crippen molar-refractivity contribution in [2.45, 2.75) is 13.8 Å². The summed E-state index contributed by atoms with van der Waals surface area (Å²) in [6.45, 7) is 7.05. The summed E-state index contributed by atoms with van der Waals surface area (Å²) in [7, 11) is 0. The molecule has 1 fully saturated rings. The van der Waals surface area contributed by atoms with Crippen LogP contribution in [-0.4, -0.2) is 38.9 Å². The fourth-order valence-electron chi connectivity index (χ4n) is 1.23. The molecule has 76 valence electrons. The number of rotatable bonds is 5. The molecule has 0 aliphatic carbocycles. The molecule has 0 spiro atoms. The van der Waals surface area contributed by atoms with Crippen LogP contribution >= 0.6 is 0 Å². The van der Waals surface area contributed by atoms with Gasteiger partial charge in [0.1, 0.15) is 0 Å². The first-order valence-electron chi connectivity index (χ1n) is 4.60. The van der Waals surface area contributed by atoms with Gasteiger partial charge in [0, 0.05) is 12.0 Å². The molecule has 0 aromatic rings. The lowest BCUT2D eigenvalue weighted by atomic mass is 9.89. The predicted molar refractivity (Wildman–Crippen MR) is 48.4 cm³/mol. The standard InChI is InChI=1S/C9H17NO3/c1-3-13-8(11)4-10-5-9(2)6-12-7-9/h10H,3-7H2,1-2H3. The zero-order valence-corrected chi connectivity index (χ0v) is 8.26. The van der Waals surface area contributed by atoms with Crippen molar-refractivity contribution in [3.63, 3.8) is 0 Å². The Morgan fingerprint density at radius 3 is 2.77 bits per heavy atom. The fraction of sp³-hybridized carbons (Fsp3) is 0.889. The third kappa shape index (κ3) is 3.32. The van der Waals surface area contributed by atoms with Gasteiger partial charge < -0.3 is 14.8 Å². The number of ether oxygens (including phenoxy) is 2. The lowest BCUT2D eigenvalue weighted by Gasteiger charge is -2.38. The van der Waals surface area contributed by atoms with Crippen LogP contribution in [0.5, 0.6) is 0 Å². The Kier molecular flexibility index (Phi) is 3.69. The van der Waals surface area contributed by atoms with Crippen LogP contribution in [0.2, 0.25) is 0 Å². The first-order chi connectivity index (χ1) is 6.16. The molecular weight excluding hydrogens is 170 g/mol. The molecule has 0 atom stereocenters. The molecule has 0 aromatic heterocycles. The number of hydrogen-bond acceptors (Lipinski definition) is 4. The third-order valence-corrected chi connectivity index (χ3v) is 2.03. The van der Waals surface area contributed by atoms with Crippen molar-refractivity contribution >= 4 is 5.97 Å². The average molecular weight is 187 g/mol. The summed E-state index contributed by atoms with van der Waals surface area (Å²) in [5, 5.41) is 3.06. The molecule has 1 rings (SSSR count). The van der Waals surface area contributed by atoms with Crippen LogP contribution in [0, 0.1) is 5.41 Å². The van der Waals surface area contributed by atoms with E-state index < -0.39 is 0 Å². The molecule has 13 heavy (non-hydrogen) atoms. The molecule has 0 saturated carbocycles. The van der Waals surface area contributed by atoms with E-state index in [1.165, 1.54) is 0 Å². The van der Waals surface area contributed by atoms with Crippen LogP contribution in [0.15, 0.2) is 0 Å². The second kappa shape index (κ2) is 4.58. The van der Waals surface area contributed by atoms with Gasteiger partial charge in [0.05, 0.1) is 26.4 Å². The van der Waals surface area contributed by atoms with Crippen LogP contribution < -0.4 is 5.32 Å². The smallest absolute Gasteiger partial charge is 0.319 e. The van der Waals surface area contributed by atoms with Gasteiger partial charge in [0.2, 0.25) is 0 Å². The minimum atomic E-state index is -0.189. The Balaban J connectivity index is 2.03. The summed E-state index contributed by atoms with van der Waals surface area (Å²) in [6.07, 6.45) is 0. The minimum absolute atomic E-state index is 0.189. The van der Waals surface area contributed by atoms with Crippen LogP contribution in [-0.2, 0) is 14.3 Å². The highest BCUT2D eigenvalue weighted by molar-refractivity contribution is 5.71. The zero-order chi connectivity index (χ0) is 9.73. The lowest BCUT2D eigenvalue weighted by molar-refractivity contribution is -0.142. The Bertz CT molecular complexity index is 178. The highest BCUT2D eigenvalue weighted by Gasteiger charge is 2.32. The van der Waals surface area contributed by atoms with Gasteiger partial charge in [-0.25, -0.2) is 0 Å². The van der Waals surface area contributed by atoms with Crippen LogP contribution in [0.3, 0.4) is 0 Å². The second-order valence-corrected chi connectivity index (χ2v) is 3.71.